The number of nitrogens with two attached hydrogens (primary N) is 2. The van der Waals surface area contributed by atoms with Gasteiger partial charge in [-0.1, -0.05) is 0 Å². The average molecular weight is 653 g/mol. The number of carbonyl (C=O) groups is 1. The van der Waals surface area contributed by atoms with E-state index in [0.717, 1.165) is 18.1 Å². The van der Waals surface area contributed by atoms with Gasteiger partial charge in [0.05, 0.1) is 6.33 Å². The molecule has 2 aromatic heterocycles. The molecule has 2 aromatic rings. The quantitative estimate of drug-likeness (QED) is 0.0971. The van der Waals surface area contributed by atoms with Crippen molar-refractivity contribution in [2.45, 2.75) is 42.3 Å². The van der Waals surface area contributed by atoms with Crippen molar-refractivity contribution in [1.29, 1.82) is 0 Å². The Morgan fingerprint density at radius 2 is 1.82 bits per heavy atom. The third kappa shape index (κ3) is 8.48. The number of hydrogen-bond acceptors (Lipinski definition) is 15. The molecule has 226 valence electrons. The van der Waals surface area contributed by atoms with Gasteiger partial charge < -0.3 is 51.1 Å². The molecule has 40 heavy (non-hydrogen) atoms. The number of aliphatic hydroxyl groups excluding tert-OH is 2. The lowest BCUT2D eigenvalue weighted by Crippen LogP contribution is -2.42. The molecule has 1 fully saturated rings. The molecule has 0 spiro atoms. The Hall–Kier alpha value is -1.58. The van der Waals surface area contributed by atoms with Crippen molar-refractivity contribution >= 4 is 58.1 Å². The van der Waals surface area contributed by atoms with Crippen LogP contribution < -0.4 is 16.6 Å². The van der Waals surface area contributed by atoms with Gasteiger partial charge in [0.15, 0.2) is 17.7 Å². The molecule has 12 N–H and O–H groups in total. The summed E-state index contributed by atoms with van der Waals surface area (Å²) in [6.07, 6.45) is -3.61. The maximum absolute atomic E-state index is 12.3. The van der Waals surface area contributed by atoms with Gasteiger partial charge in [0.2, 0.25) is 0 Å². The van der Waals surface area contributed by atoms with Gasteiger partial charge in [-0.05, 0) is 12.2 Å². The summed E-state index contributed by atoms with van der Waals surface area (Å²) in [5.74, 6) is -1.27. The molecule has 0 radical (unpaired) electrons. The van der Waals surface area contributed by atoms with E-state index in [1.165, 1.54) is 10.9 Å². The van der Waals surface area contributed by atoms with E-state index in [1.807, 2.05) is 5.09 Å². The van der Waals surface area contributed by atoms with Gasteiger partial charge in [0, 0.05) is 11.8 Å². The van der Waals surface area contributed by atoms with Crippen LogP contribution in [-0.2, 0) is 31.8 Å². The number of carboxylic acid groups (broad SMARTS) is 1. The van der Waals surface area contributed by atoms with Crippen molar-refractivity contribution in [3.63, 3.8) is 0 Å². The van der Waals surface area contributed by atoms with Crippen LogP contribution in [0.5, 0.6) is 0 Å². The minimum Gasteiger partial charge on any atom is -0.480 e. The van der Waals surface area contributed by atoms with Crippen LogP contribution in [0.4, 0.5) is 5.82 Å². The zero-order chi connectivity index (χ0) is 30.0. The van der Waals surface area contributed by atoms with Crippen molar-refractivity contribution in [1.82, 2.24) is 24.6 Å². The van der Waals surface area contributed by atoms with Gasteiger partial charge in [-0.3, -0.25) is 9.36 Å². The number of nitrogens with zero attached hydrogens (tertiary/aromatic N) is 4. The van der Waals surface area contributed by atoms with Crippen molar-refractivity contribution < 1.29 is 66.7 Å². The maximum atomic E-state index is 12.3. The first-order valence-corrected chi connectivity index (χ1v) is 16.5. The molecule has 3 rings (SSSR count). The lowest BCUT2D eigenvalue weighted by Gasteiger charge is -2.27. The number of aliphatic carboxylic acids is 1. The van der Waals surface area contributed by atoms with E-state index >= 15 is 0 Å². The van der Waals surface area contributed by atoms with Gasteiger partial charge in [-0.25, -0.2) is 33.7 Å². The normalized spacial score (nSPS) is 26.3. The highest BCUT2D eigenvalue weighted by Gasteiger charge is 2.48. The second-order valence-electron chi connectivity index (χ2n) is 8.20. The molecular weight excluding hydrogens is 627 g/mol. The number of anilines is 1. The fraction of sp³-hybridized carbons (Fsp3) is 0.600. The van der Waals surface area contributed by atoms with Crippen LogP contribution in [0.1, 0.15) is 12.6 Å². The van der Waals surface area contributed by atoms with Crippen LogP contribution >= 0.6 is 35.2 Å². The zero-order valence-electron chi connectivity index (χ0n) is 19.9. The molecule has 8 atom stereocenters. The number of phosphoric acid groups is 2. The summed E-state index contributed by atoms with van der Waals surface area (Å²) in [6, 6.07) is -1.27. The number of ether oxygens (including phenoxy) is 1. The summed E-state index contributed by atoms with van der Waals surface area (Å²) in [6.45, 7) is -0.655. The van der Waals surface area contributed by atoms with Crippen LogP contribution in [-0.4, -0.2) is 102 Å². The molecule has 21 nitrogen and oxygen atoms in total. The van der Waals surface area contributed by atoms with Crippen LogP contribution in [0.3, 0.4) is 0 Å². The largest absolute Gasteiger partial charge is 0.489 e. The van der Waals surface area contributed by atoms with Crippen LogP contribution in [0, 0.1) is 0 Å². The van der Waals surface area contributed by atoms with Crippen molar-refractivity contribution in [3.8, 4) is 0 Å². The Kier molecular flexibility index (Phi) is 10.5. The SMILES string of the molecule is Nc1ncnc2c1ncn2[C@@H]1O[C@H]([C@@H](CNP(=O)(O)OP(=O)(O)OP(=O)(O)O)SCC[C@H](N)C(=O)O)[C@@H](O)[C@H]1O. The molecule has 1 aliphatic rings. The monoisotopic (exact) mass is 653 g/mol. The first-order chi connectivity index (χ1) is 18.4. The summed E-state index contributed by atoms with van der Waals surface area (Å²) in [5, 5.41) is 31.3. The number of fused-ring (bicyclic) bond motifs is 1. The van der Waals surface area contributed by atoms with Crippen LogP contribution in [0.25, 0.3) is 11.2 Å². The number of carboxylic acids is 1. The highest BCUT2D eigenvalue weighted by molar-refractivity contribution is 8.00. The summed E-state index contributed by atoms with van der Waals surface area (Å²) in [4.78, 5) is 59.6. The Bertz CT molecular complexity index is 1360. The minimum atomic E-state index is -5.74. The molecule has 0 amide bonds. The number of aliphatic hydroxyl groups is 2. The average Bonchev–Trinajstić information content (AvgIpc) is 3.35. The summed E-state index contributed by atoms with van der Waals surface area (Å²) < 4.78 is 49.4. The van der Waals surface area contributed by atoms with E-state index in [-0.39, 0.29) is 29.2 Å². The summed E-state index contributed by atoms with van der Waals surface area (Å²) >= 11 is 0.897. The number of aromatic nitrogens is 4. The van der Waals surface area contributed by atoms with E-state index < -0.39 is 71.7 Å². The predicted molar refractivity (Wildman–Crippen MR) is 134 cm³/mol. The fourth-order valence-electron chi connectivity index (χ4n) is 3.54. The molecule has 0 aliphatic carbocycles. The van der Waals surface area contributed by atoms with Gasteiger partial charge in [-0.15, -0.1) is 0 Å². The topological polar surface area (TPSA) is 345 Å². The lowest BCUT2D eigenvalue weighted by atomic mass is 10.1. The van der Waals surface area contributed by atoms with Gasteiger partial charge in [0.25, 0.3) is 0 Å². The second kappa shape index (κ2) is 12.7. The number of nitrogen functional groups attached to an aromatic ring is 1. The van der Waals surface area contributed by atoms with Gasteiger partial charge >= 0.3 is 29.4 Å². The van der Waals surface area contributed by atoms with Gasteiger partial charge in [0.1, 0.15) is 36.2 Å². The predicted octanol–water partition coefficient (Wildman–Crippen LogP) is -2.15. The zero-order valence-corrected chi connectivity index (χ0v) is 23.4. The Morgan fingerprint density at radius 3 is 2.45 bits per heavy atom. The third-order valence-electron chi connectivity index (χ3n) is 5.30. The molecule has 0 saturated carbocycles. The van der Waals surface area contributed by atoms with Crippen molar-refractivity contribution in [2.75, 3.05) is 18.0 Å². The molecule has 0 bridgehead atoms. The lowest BCUT2D eigenvalue weighted by molar-refractivity contribution is -0.138. The van der Waals surface area contributed by atoms with E-state index in [9.17, 15) is 38.5 Å². The summed E-state index contributed by atoms with van der Waals surface area (Å²) in [7, 11) is -16.6. The van der Waals surface area contributed by atoms with Crippen LogP contribution in [0.15, 0.2) is 12.7 Å². The van der Waals surface area contributed by atoms with E-state index in [1.54, 1.807) is 0 Å². The van der Waals surface area contributed by atoms with Crippen LogP contribution in [0.2, 0.25) is 0 Å². The number of rotatable bonds is 14. The number of hydrogen-bond donors (Lipinski definition) is 10. The number of nitrogens with one attached hydrogen (secondary N) is 1. The standard InChI is InChI=1S/C15H26N7O14P3S/c16-6(15(25)26)1-2-40-7(3-21-37(27,28)35-39(32,33)36-38(29,30)31)11-9(23)10(24)14(34-11)22-5-20-8-12(17)18-4-19-13(8)22/h4-7,9-11,14,23-24H,1-3,16H2,(H,25,26)(H,32,33)(H2,17,18,19)(H2,21,27,28)(H2,29,30,31)/t6-,7+,9-,10+,11+,14+/m0/s1. The number of imidazole rings is 1. The summed E-state index contributed by atoms with van der Waals surface area (Å²) in [5.41, 5.74) is 11.6. The maximum Gasteiger partial charge on any atom is 0.489 e. The third-order valence-corrected chi connectivity index (χ3v) is 10.6. The Morgan fingerprint density at radius 1 is 1.15 bits per heavy atom. The van der Waals surface area contributed by atoms with Crippen molar-refractivity contribution in [3.05, 3.63) is 12.7 Å². The van der Waals surface area contributed by atoms with E-state index in [2.05, 4.69) is 23.6 Å². The molecular formula is C15H26N7O14P3S. The van der Waals surface area contributed by atoms with Crippen molar-refractivity contribution in [2.24, 2.45) is 5.73 Å². The fourth-order valence-corrected chi connectivity index (χ4v) is 8.21. The first kappa shape index (κ1) is 32.9. The molecule has 1 aliphatic heterocycles. The second-order valence-corrected chi connectivity index (χ2v) is 14.1. The smallest absolute Gasteiger partial charge is 0.480 e. The van der Waals surface area contributed by atoms with E-state index in [0.29, 0.717) is 0 Å². The highest BCUT2D eigenvalue weighted by Crippen LogP contribution is 2.64. The van der Waals surface area contributed by atoms with Gasteiger partial charge in [-0.2, -0.15) is 20.4 Å². The molecule has 1 saturated heterocycles. The molecule has 25 heteroatoms. The number of thioether (sulfide) groups is 1. The Labute approximate surface area is 228 Å². The molecule has 3 heterocycles. The molecule has 2 unspecified atom stereocenters. The first-order valence-electron chi connectivity index (χ1n) is 10.8. The Balaban J connectivity index is 1.80. The molecule has 0 aromatic carbocycles. The van der Waals surface area contributed by atoms with E-state index in [4.69, 9.17) is 31.1 Å². The minimum absolute atomic E-state index is 0.00131. The highest BCUT2D eigenvalue weighted by atomic mass is 32.2.